The number of nitrogens with zero attached hydrogens (tertiary/aromatic N) is 13. The van der Waals surface area contributed by atoms with E-state index in [1.54, 1.807) is 31.0 Å². The minimum atomic E-state index is -0.217. The molecule has 2 aliphatic rings. The summed E-state index contributed by atoms with van der Waals surface area (Å²) < 4.78 is 7.68. The van der Waals surface area contributed by atoms with E-state index >= 15 is 0 Å². The number of ether oxygens (including phenoxy) is 1. The molecule has 59 heavy (non-hydrogen) atoms. The van der Waals surface area contributed by atoms with Gasteiger partial charge in [-0.15, -0.1) is 0 Å². The van der Waals surface area contributed by atoms with Crippen LogP contribution in [-0.2, 0) is 22.6 Å². The maximum absolute atomic E-state index is 12.9. The zero-order valence-electron chi connectivity index (χ0n) is 32.9. The summed E-state index contributed by atoms with van der Waals surface area (Å²) in [7, 11) is 0. The van der Waals surface area contributed by atoms with E-state index in [-0.39, 0.29) is 11.8 Å². The van der Waals surface area contributed by atoms with Gasteiger partial charge < -0.3 is 41.2 Å². The minimum Gasteiger partial charge on any atom is -0.383 e. The van der Waals surface area contributed by atoms with E-state index in [9.17, 15) is 9.59 Å². The number of carbonyl (C=O) groups is 2. The molecule has 0 atom stereocenters. The highest BCUT2D eigenvalue weighted by Gasteiger charge is 2.23. The number of aryl methyl sites for hydroxylation is 1. The van der Waals surface area contributed by atoms with E-state index in [0.29, 0.717) is 105 Å². The molecule has 0 aliphatic carbocycles. The Morgan fingerprint density at radius 2 is 1.54 bits per heavy atom. The molecule has 6 aromatic heterocycles. The second-order valence-corrected chi connectivity index (χ2v) is 14.6. The number of hydrogen-bond donors (Lipinski definition) is 4. The Morgan fingerprint density at radius 3 is 2.29 bits per heavy atom. The van der Waals surface area contributed by atoms with Crippen LogP contribution in [-0.4, -0.2) is 150 Å². The van der Waals surface area contributed by atoms with Crippen molar-refractivity contribution in [1.82, 2.24) is 64.8 Å². The number of rotatable bonds is 16. The number of pyridine rings is 1. The molecule has 8 rings (SSSR count). The standard InChI is InChI=1S/C39H49N17O3/c40-20-27-21-45-38(46-22-27)55-14-12-53(13-15-55)31(57)4-17-59-18-16-52-8-10-54(11-9-52)39-47-24-30(25-48-39)37(58)43-5-1-2-7-56-36-32(34(41)49-26-50-36)33(51-56)29-19-28-3-6-42-35(28)44-23-29/h3,6,19,21-26H,1-2,4-5,7-18,20,40H2,(H,42,44)(H,43,58)(H2,41,49,50). The number of nitrogens with two attached hydrogens (primary N) is 2. The molecular formula is C39H49N17O3. The van der Waals surface area contributed by atoms with Crippen molar-refractivity contribution in [2.45, 2.75) is 32.4 Å². The number of anilines is 3. The van der Waals surface area contributed by atoms with Gasteiger partial charge in [-0.25, -0.2) is 39.6 Å². The Balaban J connectivity index is 0.704. The van der Waals surface area contributed by atoms with Crippen molar-refractivity contribution in [2.75, 3.05) is 94.2 Å². The molecule has 0 unspecified atom stereocenters. The molecule has 0 bridgehead atoms. The van der Waals surface area contributed by atoms with Gasteiger partial charge in [0.25, 0.3) is 5.91 Å². The Kier molecular flexibility index (Phi) is 12.4. The van der Waals surface area contributed by atoms with E-state index in [1.165, 1.54) is 6.33 Å². The maximum atomic E-state index is 12.9. The van der Waals surface area contributed by atoms with Gasteiger partial charge >= 0.3 is 0 Å². The molecule has 2 amide bonds. The lowest BCUT2D eigenvalue weighted by Gasteiger charge is -2.35. The van der Waals surface area contributed by atoms with Crippen LogP contribution in [0.3, 0.4) is 0 Å². The van der Waals surface area contributed by atoms with Gasteiger partial charge in [0.15, 0.2) is 5.65 Å². The number of nitrogens with one attached hydrogen (secondary N) is 2. The molecule has 0 spiro atoms. The smallest absolute Gasteiger partial charge is 0.254 e. The zero-order valence-corrected chi connectivity index (χ0v) is 32.9. The number of amides is 2. The van der Waals surface area contributed by atoms with E-state index in [4.69, 9.17) is 21.3 Å². The van der Waals surface area contributed by atoms with Crippen molar-refractivity contribution < 1.29 is 14.3 Å². The van der Waals surface area contributed by atoms with Crippen LogP contribution in [0.5, 0.6) is 0 Å². The summed E-state index contributed by atoms with van der Waals surface area (Å²) in [5.74, 6) is 1.53. The lowest BCUT2D eigenvalue weighted by atomic mass is 10.1. The van der Waals surface area contributed by atoms with Crippen LogP contribution < -0.4 is 26.6 Å². The number of carbonyl (C=O) groups excluding carboxylic acids is 2. The average molecular weight is 804 g/mol. The third-order valence-corrected chi connectivity index (χ3v) is 10.7. The molecule has 20 nitrogen and oxygen atoms in total. The molecule has 0 aromatic carbocycles. The first kappa shape index (κ1) is 39.4. The van der Waals surface area contributed by atoms with Crippen LogP contribution >= 0.6 is 0 Å². The van der Waals surface area contributed by atoms with Gasteiger partial charge in [0.1, 0.15) is 23.5 Å². The molecule has 6 aromatic rings. The molecule has 308 valence electrons. The van der Waals surface area contributed by atoms with E-state index in [1.807, 2.05) is 27.9 Å². The van der Waals surface area contributed by atoms with Gasteiger partial charge in [-0.3, -0.25) is 14.5 Å². The van der Waals surface area contributed by atoms with Gasteiger partial charge in [-0.1, -0.05) is 0 Å². The molecule has 0 saturated carbocycles. The molecule has 2 fully saturated rings. The number of nitrogen functional groups attached to an aromatic ring is 1. The molecule has 2 aliphatic heterocycles. The predicted octanol–water partition coefficient (Wildman–Crippen LogP) is 1.08. The third-order valence-electron chi connectivity index (χ3n) is 10.7. The first-order valence-electron chi connectivity index (χ1n) is 20.0. The SMILES string of the molecule is NCc1cnc(N2CCN(C(=O)CCOCCN3CCN(c4ncc(C(=O)NCCCCn5nc(-c6cnc7[nH]ccc7c6)c6c(N)ncnc65)cn4)CC3)CC2)nc1. The van der Waals surface area contributed by atoms with Gasteiger partial charge in [0, 0.05) is 132 Å². The average Bonchev–Trinajstić information content (AvgIpc) is 3.92. The minimum absolute atomic E-state index is 0.106. The Morgan fingerprint density at radius 1 is 0.814 bits per heavy atom. The maximum Gasteiger partial charge on any atom is 0.254 e. The second kappa shape index (κ2) is 18.5. The molecule has 6 N–H and O–H groups in total. The van der Waals surface area contributed by atoms with E-state index < -0.39 is 0 Å². The normalized spacial score (nSPS) is 15.0. The Bertz CT molecular complexity index is 2330. The van der Waals surface area contributed by atoms with Crippen LogP contribution in [0.25, 0.3) is 33.3 Å². The highest BCUT2D eigenvalue weighted by Crippen LogP contribution is 2.31. The van der Waals surface area contributed by atoms with Crippen LogP contribution in [0.15, 0.2) is 55.6 Å². The Hall–Kier alpha value is -6.38. The molecule has 0 radical (unpaired) electrons. The summed E-state index contributed by atoms with van der Waals surface area (Å²) in [6.07, 6.45) is 13.6. The van der Waals surface area contributed by atoms with Gasteiger partial charge in [0.05, 0.1) is 30.6 Å². The highest BCUT2D eigenvalue weighted by molar-refractivity contribution is 5.99. The zero-order chi connectivity index (χ0) is 40.6. The first-order chi connectivity index (χ1) is 28.9. The second-order valence-electron chi connectivity index (χ2n) is 14.6. The number of aromatic amines is 1. The van der Waals surface area contributed by atoms with Crippen LogP contribution in [0.4, 0.5) is 17.7 Å². The fraction of sp³-hybridized carbons (Fsp3) is 0.436. The molecule has 8 heterocycles. The summed E-state index contributed by atoms with van der Waals surface area (Å²) in [4.78, 5) is 68.1. The highest BCUT2D eigenvalue weighted by atomic mass is 16.5. The van der Waals surface area contributed by atoms with Crippen molar-refractivity contribution in [3.05, 3.63) is 66.8 Å². The number of hydrogen-bond acceptors (Lipinski definition) is 16. The molecule has 2 saturated heterocycles. The van der Waals surface area contributed by atoms with Gasteiger partial charge in [0.2, 0.25) is 17.8 Å². The number of piperazine rings is 2. The van der Waals surface area contributed by atoms with Gasteiger partial charge in [-0.05, 0) is 25.0 Å². The Labute approximate surface area is 340 Å². The lowest BCUT2D eigenvalue weighted by Crippen LogP contribution is -2.49. The quantitative estimate of drug-likeness (QED) is 0.100. The van der Waals surface area contributed by atoms with Crippen molar-refractivity contribution in [1.29, 1.82) is 0 Å². The summed E-state index contributed by atoms with van der Waals surface area (Å²) in [5.41, 5.74) is 16.2. The van der Waals surface area contributed by atoms with Crippen LogP contribution in [0, 0.1) is 0 Å². The van der Waals surface area contributed by atoms with Crippen molar-refractivity contribution >= 4 is 51.6 Å². The van der Waals surface area contributed by atoms with E-state index in [0.717, 1.165) is 67.7 Å². The molecular weight excluding hydrogens is 755 g/mol. The van der Waals surface area contributed by atoms with Crippen molar-refractivity contribution in [2.24, 2.45) is 5.73 Å². The van der Waals surface area contributed by atoms with Gasteiger partial charge in [-0.2, -0.15) is 5.10 Å². The fourth-order valence-corrected chi connectivity index (χ4v) is 7.31. The molecule has 20 heteroatoms. The van der Waals surface area contributed by atoms with Crippen LogP contribution in [0.2, 0.25) is 0 Å². The van der Waals surface area contributed by atoms with Crippen LogP contribution in [0.1, 0.15) is 35.2 Å². The first-order valence-corrected chi connectivity index (χ1v) is 20.0. The summed E-state index contributed by atoms with van der Waals surface area (Å²) in [5, 5.41) is 9.49. The lowest BCUT2D eigenvalue weighted by molar-refractivity contribution is -0.132. The monoisotopic (exact) mass is 803 g/mol. The topological polar surface area (TPSA) is 244 Å². The van der Waals surface area contributed by atoms with Crippen molar-refractivity contribution in [3.8, 4) is 11.3 Å². The fourth-order valence-electron chi connectivity index (χ4n) is 7.31. The van der Waals surface area contributed by atoms with E-state index in [2.05, 4.69) is 59.9 Å². The number of fused-ring (bicyclic) bond motifs is 2. The largest absolute Gasteiger partial charge is 0.383 e. The summed E-state index contributed by atoms with van der Waals surface area (Å²) in [6, 6.07) is 3.98. The number of aromatic nitrogens is 10. The summed E-state index contributed by atoms with van der Waals surface area (Å²) in [6.45, 7) is 9.12. The van der Waals surface area contributed by atoms with Crippen molar-refractivity contribution in [3.63, 3.8) is 0 Å². The summed E-state index contributed by atoms with van der Waals surface area (Å²) >= 11 is 0. The number of H-pyrrole nitrogens is 1. The number of unbranched alkanes of at least 4 members (excludes halogenated alkanes) is 1. The third kappa shape index (κ3) is 9.35. The predicted molar refractivity (Wildman–Crippen MR) is 221 cm³/mol.